The molecule has 24 heavy (non-hydrogen) atoms. The molecule has 0 atom stereocenters. The standard InChI is InChI=1S/C9H7O.C8H6NO.2CH4.2Y/c10-9-6-5-7-3-1-2-4-8(7)9;10-8-7-4-2-1-3-6(7)5-9-8;;;;/h2-4H,5-6H2;2-4H,5H2,(H,9,10);2*1H4;;/q2*-1;;;;. The largest absolute Gasteiger partial charge is 0.361 e. The SMILES string of the molecule is C.C.O=C1CCc2c[c-]ccc21.O=C1NCc2c[c-]ccc21.[Y].[Y]. The number of fused-ring (bicyclic) bond motifs is 2. The summed E-state index contributed by atoms with van der Waals surface area (Å²) in [4.78, 5) is 22.0. The van der Waals surface area contributed by atoms with Gasteiger partial charge in [-0.3, -0.25) is 9.59 Å². The van der Waals surface area contributed by atoms with Crippen LogP contribution in [0.1, 0.15) is 53.1 Å². The normalized spacial score (nSPS) is 12.5. The number of nitrogens with one attached hydrogen (secondary N) is 1. The number of hydrogen-bond donors (Lipinski definition) is 1. The van der Waals surface area contributed by atoms with Gasteiger partial charge in [0.05, 0.1) is 0 Å². The number of carbonyl (C=O) groups excluding carboxylic acids is 2. The summed E-state index contributed by atoms with van der Waals surface area (Å²) in [5.41, 5.74) is 3.90. The number of ketones is 1. The first kappa shape index (κ1) is 26.0. The number of rotatable bonds is 0. The first-order chi connectivity index (χ1) is 9.75. The van der Waals surface area contributed by atoms with Crippen LogP contribution in [0.2, 0.25) is 0 Å². The Labute approximate surface area is 195 Å². The molecule has 1 aliphatic carbocycles. The summed E-state index contributed by atoms with van der Waals surface area (Å²) < 4.78 is 0. The van der Waals surface area contributed by atoms with Gasteiger partial charge in [0.2, 0.25) is 5.91 Å². The van der Waals surface area contributed by atoms with E-state index in [4.69, 9.17) is 0 Å². The van der Waals surface area contributed by atoms with Crippen LogP contribution in [0.5, 0.6) is 0 Å². The van der Waals surface area contributed by atoms with Crippen molar-refractivity contribution in [3.63, 3.8) is 0 Å². The average molecular weight is 473 g/mol. The maximum Gasteiger partial charge on any atom is 0.226 e. The van der Waals surface area contributed by atoms with Crippen LogP contribution in [0.3, 0.4) is 0 Å². The molecule has 3 nitrogen and oxygen atoms in total. The number of aryl methyl sites for hydroxylation is 1. The smallest absolute Gasteiger partial charge is 0.226 e. The van der Waals surface area contributed by atoms with Gasteiger partial charge in [0, 0.05) is 71.8 Å². The van der Waals surface area contributed by atoms with Crippen molar-refractivity contribution in [2.45, 2.75) is 34.2 Å². The van der Waals surface area contributed by atoms with Crippen molar-refractivity contribution < 1.29 is 75.0 Å². The fourth-order valence-corrected chi connectivity index (χ4v) is 2.43. The molecule has 0 saturated carbocycles. The van der Waals surface area contributed by atoms with Gasteiger partial charge in [-0.15, -0.1) is 11.1 Å². The minimum atomic E-state index is 0. The maximum absolute atomic E-state index is 11.1. The first-order valence-corrected chi connectivity index (χ1v) is 6.55. The van der Waals surface area contributed by atoms with Crippen molar-refractivity contribution in [2.24, 2.45) is 0 Å². The third-order valence-corrected chi connectivity index (χ3v) is 3.51. The topological polar surface area (TPSA) is 46.2 Å². The molecule has 2 aromatic rings. The van der Waals surface area contributed by atoms with E-state index in [1.807, 2.05) is 18.2 Å². The Morgan fingerprint density at radius 1 is 0.833 bits per heavy atom. The van der Waals surface area contributed by atoms with Crippen molar-refractivity contribution >= 4 is 11.7 Å². The monoisotopic (exact) mass is 473 g/mol. The van der Waals surface area contributed by atoms with Crippen molar-refractivity contribution in [3.05, 3.63) is 70.8 Å². The van der Waals surface area contributed by atoms with Crippen molar-refractivity contribution in [1.82, 2.24) is 5.32 Å². The minimum Gasteiger partial charge on any atom is -0.361 e. The molecule has 0 aromatic heterocycles. The molecule has 5 heteroatoms. The summed E-state index contributed by atoms with van der Waals surface area (Å²) in [6.45, 7) is 0.658. The molecular formula is C19H21NO2Y2-2. The second kappa shape index (κ2) is 12.2. The van der Waals surface area contributed by atoms with E-state index in [0.717, 1.165) is 28.7 Å². The number of carbonyl (C=O) groups is 2. The number of Topliss-reactive ketones (excluding diaryl/α,β-unsaturated/α-hetero) is 1. The second-order valence-electron chi connectivity index (χ2n) is 4.77. The minimum absolute atomic E-state index is 0. The van der Waals surface area contributed by atoms with Gasteiger partial charge in [-0.1, -0.05) is 32.4 Å². The third-order valence-electron chi connectivity index (χ3n) is 3.51. The molecule has 2 aliphatic rings. The number of amides is 1. The molecule has 1 heterocycles. The molecule has 2 aromatic carbocycles. The molecule has 4 rings (SSSR count). The van der Waals surface area contributed by atoms with Crippen molar-refractivity contribution in [3.8, 4) is 0 Å². The molecular weight excluding hydrogens is 452 g/mol. The predicted molar refractivity (Wildman–Crippen MR) is 87.8 cm³/mol. The molecule has 1 aliphatic heterocycles. The van der Waals surface area contributed by atoms with Gasteiger partial charge < -0.3 is 5.32 Å². The van der Waals surface area contributed by atoms with Crippen LogP contribution < -0.4 is 5.32 Å². The van der Waals surface area contributed by atoms with Gasteiger partial charge in [-0.05, 0) is 6.54 Å². The summed E-state index contributed by atoms with van der Waals surface area (Å²) in [7, 11) is 0. The van der Waals surface area contributed by atoms with E-state index in [1.54, 1.807) is 18.2 Å². The second-order valence-corrected chi connectivity index (χ2v) is 4.77. The van der Waals surface area contributed by atoms with Gasteiger partial charge in [0.15, 0.2) is 0 Å². The third kappa shape index (κ3) is 5.95. The van der Waals surface area contributed by atoms with Crippen LogP contribution in [0, 0.1) is 12.1 Å². The van der Waals surface area contributed by atoms with Gasteiger partial charge in [-0.2, -0.15) is 48.5 Å². The predicted octanol–water partition coefficient (Wildman–Crippen LogP) is 3.61. The Hall–Kier alpha value is -0.212. The summed E-state index contributed by atoms with van der Waals surface area (Å²) >= 11 is 0. The van der Waals surface area contributed by atoms with Crippen LogP contribution in [-0.4, -0.2) is 11.7 Å². The summed E-state index contributed by atoms with van der Waals surface area (Å²) in [5.74, 6) is 0.313. The van der Waals surface area contributed by atoms with Crippen LogP contribution in [0.25, 0.3) is 0 Å². The van der Waals surface area contributed by atoms with Crippen LogP contribution >= 0.6 is 0 Å². The Morgan fingerprint density at radius 2 is 1.42 bits per heavy atom. The Balaban J connectivity index is 0. The molecule has 0 fully saturated rings. The molecule has 2 radical (unpaired) electrons. The van der Waals surface area contributed by atoms with E-state index in [-0.39, 0.29) is 92.0 Å². The van der Waals surface area contributed by atoms with E-state index >= 15 is 0 Å². The average Bonchev–Trinajstić information content (AvgIpc) is 3.05. The molecule has 0 bridgehead atoms. The van der Waals surface area contributed by atoms with Gasteiger partial charge in [0.1, 0.15) is 5.78 Å². The zero-order valence-corrected chi connectivity index (χ0v) is 17.7. The van der Waals surface area contributed by atoms with Crippen molar-refractivity contribution in [1.29, 1.82) is 0 Å². The van der Waals surface area contributed by atoms with E-state index < -0.39 is 0 Å². The summed E-state index contributed by atoms with van der Waals surface area (Å²) in [6, 6.07) is 16.8. The fourth-order valence-electron chi connectivity index (χ4n) is 2.43. The molecule has 1 amide bonds. The van der Waals surface area contributed by atoms with E-state index in [2.05, 4.69) is 17.4 Å². The van der Waals surface area contributed by atoms with Crippen LogP contribution in [0.4, 0.5) is 0 Å². The number of benzene rings is 2. The van der Waals surface area contributed by atoms with Gasteiger partial charge in [0.25, 0.3) is 0 Å². The van der Waals surface area contributed by atoms with E-state index in [1.165, 1.54) is 0 Å². The quantitative estimate of drug-likeness (QED) is 0.595. The molecule has 1 N–H and O–H groups in total. The van der Waals surface area contributed by atoms with Gasteiger partial charge >= 0.3 is 0 Å². The first-order valence-electron chi connectivity index (χ1n) is 6.55. The zero-order valence-electron chi connectivity index (χ0n) is 12.1. The molecule has 122 valence electrons. The van der Waals surface area contributed by atoms with E-state index in [0.29, 0.717) is 13.0 Å². The maximum atomic E-state index is 11.1. The zero-order chi connectivity index (χ0) is 13.9. The Bertz CT molecular complexity index is 627. The van der Waals surface area contributed by atoms with Crippen LogP contribution in [-0.2, 0) is 78.4 Å². The van der Waals surface area contributed by atoms with Crippen molar-refractivity contribution in [2.75, 3.05) is 0 Å². The molecule has 0 saturated heterocycles. The summed E-state index contributed by atoms with van der Waals surface area (Å²) in [6.07, 6.45) is 1.60. The van der Waals surface area contributed by atoms with Crippen LogP contribution in [0.15, 0.2) is 36.4 Å². The molecule has 0 spiro atoms. The Morgan fingerprint density at radius 3 is 2.00 bits per heavy atom. The summed E-state index contributed by atoms with van der Waals surface area (Å²) in [5, 5.41) is 2.73. The number of hydrogen-bond acceptors (Lipinski definition) is 2. The van der Waals surface area contributed by atoms with Gasteiger partial charge in [-0.25, -0.2) is 0 Å². The Kier molecular flexibility index (Phi) is 13.2. The fraction of sp³-hybridized carbons (Fsp3) is 0.263. The van der Waals surface area contributed by atoms with E-state index in [9.17, 15) is 9.59 Å². The molecule has 0 unspecified atom stereocenters.